The van der Waals surface area contributed by atoms with E-state index < -0.39 is 28.5 Å². The van der Waals surface area contributed by atoms with Gasteiger partial charge in [-0.25, -0.2) is 8.42 Å². The van der Waals surface area contributed by atoms with Gasteiger partial charge >= 0.3 is 6.18 Å². The standard InChI is InChI=1S/C19H20F3NO4S/c1-14-2-8-17(9-3-14)28(25,26)12-15-4-6-16(7-5-15)18(24)23-10-11-27-13-19(20,21)22/h2-9H,10-13H2,1H3,(H,23,24). The van der Waals surface area contributed by atoms with Crippen LogP contribution in [0.3, 0.4) is 0 Å². The second-order valence-corrected chi connectivity index (χ2v) is 8.18. The molecule has 0 saturated carbocycles. The Balaban J connectivity index is 1.88. The Morgan fingerprint density at radius 2 is 1.64 bits per heavy atom. The Morgan fingerprint density at radius 1 is 1.04 bits per heavy atom. The lowest BCUT2D eigenvalue weighted by molar-refractivity contribution is -0.173. The quantitative estimate of drug-likeness (QED) is 0.672. The summed E-state index contributed by atoms with van der Waals surface area (Å²) in [6.45, 7) is 0.159. The summed E-state index contributed by atoms with van der Waals surface area (Å²) >= 11 is 0. The molecule has 0 radical (unpaired) electrons. The molecule has 0 aromatic heterocycles. The van der Waals surface area contributed by atoms with Crippen LogP contribution in [0.1, 0.15) is 21.5 Å². The van der Waals surface area contributed by atoms with Crippen molar-refractivity contribution in [2.45, 2.75) is 23.7 Å². The lowest BCUT2D eigenvalue weighted by Gasteiger charge is -2.09. The van der Waals surface area contributed by atoms with E-state index in [1.54, 1.807) is 24.3 Å². The molecule has 152 valence electrons. The van der Waals surface area contributed by atoms with E-state index in [9.17, 15) is 26.4 Å². The van der Waals surface area contributed by atoms with Gasteiger partial charge in [0.1, 0.15) is 6.61 Å². The van der Waals surface area contributed by atoms with Crippen molar-refractivity contribution in [1.82, 2.24) is 5.32 Å². The van der Waals surface area contributed by atoms with Gasteiger partial charge in [-0.1, -0.05) is 29.8 Å². The molecule has 0 saturated heterocycles. The molecule has 2 aromatic rings. The zero-order chi connectivity index (χ0) is 20.8. The molecule has 2 aromatic carbocycles. The first-order valence-electron chi connectivity index (χ1n) is 8.38. The van der Waals surface area contributed by atoms with Gasteiger partial charge in [0.2, 0.25) is 0 Å². The third kappa shape index (κ3) is 6.97. The van der Waals surface area contributed by atoms with E-state index in [1.165, 1.54) is 24.3 Å². The summed E-state index contributed by atoms with van der Waals surface area (Å²) in [6.07, 6.45) is -4.40. The summed E-state index contributed by atoms with van der Waals surface area (Å²) in [7, 11) is -3.50. The van der Waals surface area contributed by atoms with Crippen molar-refractivity contribution in [1.29, 1.82) is 0 Å². The van der Waals surface area contributed by atoms with Gasteiger partial charge in [-0.15, -0.1) is 0 Å². The number of aryl methyl sites for hydroxylation is 1. The fourth-order valence-electron chi connectivity index (χ4n) is 2.33. The number of sulfone groups is 1. The first kappa shape index (κ1) is 21.9. The highest BCUT2D eigenvalue weighted by atomic mass is 32.2. The zero-order valence-corrected chi connectivity index (χ0v) is 15.9. The van der Waals surface area contributed by atoms with Gasteiger partial charge in [0.05, 0.1) is 17.3 Å². The minimum absolute atomic E-state index is 0.0710. The molecule has 28 heavy (non-hydrogen) atoms. The van der Waals surface area contributed by atoms with Crippen LogP contribution in [0.5, 0.6) is 0 Å². The van der Waals surface area contributed by atoms with Crippen molar-refractivity contribution in [3.8, 4) is 0 Å². The van der Waals surface area contributed by atoms with Gasteiger partial charge in [-0.3, -0.25) is 4.79 Å². The molecule has 0 aliphatic rings. The van der Waals surface area contributed by atoms with E-state index in [-0.39, 0.29) is 29.4 Å². The van der Waals surface area contributed by atoms with Crippen molar-refractivity contribution >= 4 is 15.7 Å². The van der Waals surface area contributed by atoms with Gasteiger partial charge in [0, 0.05) is 12.1 Å². The normalized spacial score (nSPS) is 12.0. The molecule has 0 aliphatic heterocycles. The maximum absolute atomic E-state index is 12.4. The average molecular weight is 415 g/mol. The summed E-state index contributed by atoms with van der Waals surface area (Å²) in [6, 6.07) is 12.5. The van der Waals surface area contributed by atoms with Gasteiger partial charge in [-0.05, 0) is 36.8 Å². The third-order valence-corrected chi connectivity index (χ3v) is 5.45. The Labute approximate surface area is 161 Å². The van der Waals surface area contributed by atoms with E-state index in [0.29, 0.717) is 5.56 Å². The van der Waals surface area contributed by atoms with E-state index >= 15 is 0 Å². The number of benzene rings is 2. The molecule has 1 N–H and O–H groups in total. The summed E-state index contributed by atoms with van der Waals surface area (Å²) in [4.78, 5) is 12.2. The molecule has 0 fully saturated rings. The lowest BCUT2D eigenvalue weighted by atomic mass is 10.1. The lowest BCUT2D eigenvalue weighted by Crippen LogP contribution is -2.28. The van der Waals surface area contributed by atoms with Crippen molar-refractivity contribution in [3.05, 3.63) is 65.2 Å². The Morgan fingerprint density at radius 3 is 2.21 bits per heavy atom. The summed E-state index contributed by atoms with van der Waals surface area (Å²) < 4.78 is 65.1. The largest absolute Gasteiger partial charge is 0.411 e. The molecule has 0 bridgehead atoms. The molecule has 5 nitrogen and oxygen atoms in total. The number of halogens is 3. The molecule has 0 heterocycles. The highest BCUT2D eigenvalue weighted by Gasteiger charge is 2.27. The van der Waals surface area contributed by atoms with Crippen molar-refractivity contribution in [3.63, 3.8) is 0 Å². The van der Waals surface area contributed by atoms with Crippen LogP contribution in [-0.4, -0.2) is 40.3 Å². The molecule has 0 aliphatic carbocycles. The van der Waals surface area contributed by atoms with Crippen LogP contribution >= 0.6 is 0 Å². The van der Waals surface area contributed by atoms with Gasteiger partial charge in [0.25, 0.3) is 5.91 Å². The summed E-state index contributed by atoms with van der Waals surface area (Å²) in [5.74, 6) is -0.688. The van der Waals surface area contributed by atoms with Crippen LogP contribution in [0.25, 0.3) is 0 Å². The number of amides is 1. The number of carbonyl (C=O) groups is 1. The minimum atomic E-state index is -4.40. The smallest absolute Gasteiger partial charge is 0.370 e. The Hall–Kier alpha value is -2.39. The first-order valence-corrected chi connectivity index (χ1v) is 10.0. The van der Waals surface area contributed by atoms with E-state index in [0.717, 1.165) is 5.56 Å². The maximum Gasteiger partial charge on any atom is 0.411 e. The van der Waals surface area contributed by atoms with Gasteiger partial charge in [-0.2, -0.15) is 13.2 Å². The second-order valence-electron chi connectivity index (χ2n) is 6.19. The van der Waals surface area contributed by atoms with Crippen LogP contribution in [-0.2, 0) is 20.3 Å². The first-order chi connectivity index (χ1) is 13.1. The number of carbonyl (C=O) groups excluding carboxylic acids is 1. The molecule has 0 atom stereocenters. The monoisotopic (exact) mass is 415 g/mol. The molecular weight excluding hydrogens is 395 g/mol. The number of rotatable bonds is 8. The van der Waals surface area contributed by atoms with Crippen molar-refractivity contribution in [2.24, 2.45) is 0 Å². The average Bonchev–Trinajstić information content (AvgIpc) is 2.61. The highest BCUT2D eigenvalue weighted by Crippen LogP contribution is 2.18. The van der Waals surface area contributed by atoms with Crippen LogP contribution in [0.15, 0.2) is 53.4 Å². The van der Waals surface area contributed by atoms with Gasteiger partial charge in [0.15, 0.2) is 9.84 Å². The summed E-state index contributed by atoms with van der Waals surface area (Å²) in [5, 5.41) is 2.43. The SMILES string of the molecule is Cc1ccc(S(=O)(=O)Cc2ccc(C(=O)NCCOCC(F)(F)F)cc2)cc1. The van der Waals surface area contributed by atoms with Crippen molar-refractivity contribution in [2.75, 3.05) is 19.8 Å². The molecular formula is C19H20F3NO4S. The maximum atomic E-state index is 12.4. The van der Waals surface area contributed by atoms with E-state index in [2.05, 4.69) is 10.1 Å². The van der Waals surface area contributed by atoms with Gasteiger partial charge < -0.3 is 10.1 Å². The second kappa shape index (κ2) is 9.20. The molecule has 0 unspecified atom stereocenters. The molecule has 0 spiro atoms. The fraction of sp³-hybridized carbons (Fsp3) is 0.316. The highest BCUT2D eigenvalue weighted by molar-refractivity contribution is 7.90. The molecule has 2 rings (SSSR count). The fourth-order valence-corrected chi connectivity index (χ4v) is 3.68. The summed E-state index contributed by atoms with van der Waals surface area (Å²) in [5.41, 5.74) is 1.75. The van der Waals surface area contributed by atoms with E-state index in [4.69, 9.17) is 0 Å². The predicted octanol–water partition coefficient (Wildman–Crippen LogP) is 3.28. The number of alkyl halides is 3. The Kier molecular flexibility index (Phi) is 7.20. The van der Waals surface area contributed by atoms with Crippen LogP contribution in [0, 0.1) is 6.92 Å². The minimum Gasteiger partial charge on any atom is -0.370 e. The number of hydrogen-bond donors (Lipinski definition) is 1. The molecule has 9 heteroatoms. The number of ether oxygens (including phenoxy) is 1. The van der Waals surface area contributed by atoms with Crippen LogP contribution in [0.2, 0.25) is 0 Å². The predicted molar refractivity (Wildman–Crippen MR) is 97.7 cm³/mol. The number of nitrogens with one attached hydrogen (secondary N) is 1. The van der Waals surface area contributed by atoms with Crippen LogP contribution < -0.4 is 5.32 Å². The zero-order valence-electron chi connectivity index (χ0n) is 15.1. The Bertz CT molecular complexity index is 892. The van der Waals surface area contributed by atoms with Crippen LogP contribution in [0.4, 0.5) is 13.2 Å². The van der Waals surface area contributed by atoms with E-state index in [1.807, 2.05) is 6.92 Å². The third-order valence-electron chi connectivity index (χ3n) is 3.75. The topological polar surface area (TPSA) is 72.5 Å². The molecule has 1 amide bonds. The van der Waals surface area contributed by atoms with Crippen molar-refractivity contribution < 1.29 is 31.1 Å². The number of hydrogen-bond acceptors (Lipinski definition) is 4.